The van der Waals surface area contributed by atoms with E-state index in [0.717, 1.165) is 34.4 Å². The number of aliphatic imine (C=N–C) groups is 1. The summed E-state index contributed by atoms with van der Waals surface area (Å²) in [6.45, 7) is 6.06. The van der Waals surface area contributed by atoms with E-state index < -0.39 is 17.8 Å². The summed E-state index contributed by atoms with van der Waals surface area (Å²) < 4.78 is 40.0. The fourth-order valence-electron chi connectivity index (χ4n) is 4.48. The van der Waals surface area contributed by atoms with E-state index in [1.165, 1.54) is 39.8 Å². The van der Waals surface area contributed by atoms with Gasteiger partial charge in [-0.3, -0.25) is 9.69 Å². The van der Waals surface area contributed by atoms with Crippen LogP contribution < -0.4 is 10.2 Å². The summed E-state index contributed by atoms with van der Waals surface area (Å²) in [4.78, 5) is 35.2. The zero-order chi connectivity index (χ0) is 30.9. The third kappa shape index (κ3) is 6.60. The van der Waals surface area contributed by atoms with Crippen molar-refractivity contribution in [2.24, 2.45) is 4.99 Å². The minimum Gasteiger partial charge on any atom is -0.336 e. The maximum absolute atomic E-state index is 12.8. The number of hydrogen-bond acceptors (Lipinski definition) is 5. The molecule has 1 atom stereocenters. The number of amides is 3. The van der Waals surface area contributed by atoms with Crippen LogP contribution in [0.5, 0.6) is 0 Å². The Labute approximate surface area is 255 Å². The van der Waals surface area contributed by atoms with Gasteiger partial charge in [-0.2, -0.15) is 18.2 Å². The Morgan fingerprint density at radius 3 is 2.47 bits per heavy atom. The molecule has 0 saturated carbocycles. The van der Waals surface area contributed by atoms with Gasteiger partial charge in [-0.25, -0.2) is 14.5 Å². The molecule has 13 heteroatoms. The normalized spacial score (nSPS) is 15.3. The number of carbonyl (C=O) groups excluding carboxylic acids is 2. The molecule has 43 heavy (non-hydrogen) atoms. The lowest BCUT2D eigenvalue weighted by Gasteiger charge is -2.21. The molecule has 0 bridgehead atoms. The number of urea groups is 1. The van der Waals surface area contributed by atoms with Gasteiger partial charge < -0.3 is 5.32 Å². The number of rotatable bonds is 6. The van der Waals surface area contributed by atoms with Crippen LogP contribution in [-0.4, -0.2) is 44.2 Å². The predicted octanol–water partition coefficient (Wildman–Crippen LogP) is 7.17. The molecule has 222 valence electrons. The first-order valence-corrected chi connectivity index (χ1v) is 14.6. The van der Waals surface area contributed by atoms with Crippen molar-refractivity contribution in [3.8, 4) is 17.1 Å². The van der Waals surface area contributed by atoms with Crippen molar-refractivity contribution in [2.75, 3.05) is 17.2 Å². The molecule has 0 spiro atoms. The summed E-state index contributed by atoms with van der Waals surface area (Å²) in [6, 6.07) is 15.2. The van der Waals surface area contributed by atoms with Crippen molar-refractivity contribution >= 4 is 46.2 Å². The number of nitrogens with zero attached hydrogens (tertiary/aromatic N) is 5. The smallest absolute Gasteiger partial charge is 0.336 e. The molecule has 1 saturated heterocycles. The first-order chi connectivity index (χ1) is 20.4. The number of thioether (sulfide) groups is 1. The SMILES string of the molecule is Cc1ccc(Cl)c(N2C(=O)CSC2=NC(=O)NCC(C)c2ccc(-c3ncn(-c4ccc(C(F)(F)F)cc4)n3)cc2)c1C. The van der Waals surface area contributed by atoms with Gasteiger partial charge >= 0.3 is 12.2 Å². The summed E-state index contributed by atoms with van der Waals surface area (Å²) in [5, 5.41) is 7.88. The van der Waals surface area contributed by atoms with Gasteiger partial charge in [0.15, 0.2) is 11.0 Å². The van der Waals surface area contributed by atoms with Crippen molar-refractivity contribution in [1.29, 1.82) is 0 Å². The van der Waals surface area contributed by atoms with Crippen molar-refractivity contribution in [1.82, 2.24) is 20.1 Å². The molecule has 2 heterocycles. The number of hydrogen-bond donors (Lipinski definition) is 1. The number of anilines is 1. The molecule has 4 aromatic rings. The Bertz CT molecular complexity index is 1700. The molecule has 1 aliphatic rings. The highest BCUT2D eigenvalue weighted by Gasteiger charge is 2.33. The zero-order valence-electron chi connectivity index (χ0n) is 23.3. The van der Waals surface area contributed by atoms with Gasteiger partial charge in [-0.05, 0) is 66.8 Å². The molecule has 5 rings (SSSR count). The van der Waals surface area contributed by atoms with Crippen LogP contribution in [0.15, 0.2) is 72.0 Å². The second-order valence-corrected chi connectivity index (χ2v) is 11.4. The average molecular weight is 627 g/mol. The van der Waals surface area contributed by atoms with E-state index in [-0.39, 0.29) is 22.7 Å². The van der Waals surface area contributed by atoms with E-state index in [9.17, 15) is 22.8 Å². The third-order valence-electron chi connectivity index (χ3n) is 7.09. The zero-order valence-corrected chi connectivity index (χ0v) is 24.9. The molecular formula is C30H26ClF3N6O2S. The maximum Gasteiger partial charge on any atom is 0.416 e. The minimum atomic E-state index is -4.41. The fraction of sp³-hybridized carbons (Fsp3) is 0.233. The molecule has 8 nitrogen and oxygen atoms in total. The molecule has 3 aromatic carbocycles. The Hall–Kier alpha value is -4.16. The predicted molar refractivity (Wildman–Crippen MR) is 162 cm³/mol. The second-order valence-electron chi connectivity index (χ2n) is 10.0. The van der Waals surface area contributed by atoms with Gasteiger partial charge in [0.05, 0.1) is 27.7 Å². The molecule has 1 unspecified atom stereocenters. The lowest BCUT2D eigenvalue weighted by atomic mass is 10.00. The van der Waals surface area contributed by atoms with Crippen LogP contribution in [0.4, 0.5) is 23.7 Å². The topological polar surface area (TPSA) is 92.5 Å². The lowest BCUT2D eigenvalue weighted by Crippen LogP contribution is -2.33. The van der Waals surface area contributed by atoms with E-state index in [4.69, 9.17) is 11.6 Å². The Morgan fingerprint density at radius 1 is 1.09 bits per heavy atom. The average Bonchev–Trinajstić information content (AvgIpc) is 3.61. The molecular weight excluding hydrogens is 601 g/mol. The number of aryl methyl sites for hydroxylation is 1. The number of halogens is 4. The number of amidine groups is 1. The first kappa shape index (κ1) is 30.3. The summed E-state index contributed by atoms with van der Waals surface area (Å²) >= 11 is 7.60. The van der Waals surface area contributed by atoms with Gasteiger partial charge in [-0.1, -0.05) is 60.6 Å². The number of carbonyl (C=O) groups is 2. The summed E-state index contributed by atoms with van der Waals surface area (Å²) in [6.07, 6.45) is -2.97. The van der Waals surface area contributed by atoms with Crippen LogP contribution >= 0.6 is 23.4 Å². The standard InChI is InChI=1S/C30H26ClF3N6O2S/c1-17-4-13-24(31)26(19(17)3)40-25(41)15-43-29(40)37-28(42)35-14-18(2)20-5-7-21(8-6-20)27-36-16-39(38-27)23-11-9-22(10-12-23)30(32,33)34/h4-13,16,18H,14-15H2,1-3H3,(H,35,42). The Kier molecular flexibility index (Phi) is 8.61. The Balaban J connectivity index is 1.22. The summed E-state index contributed by atoms with van der Waals surface area (Å²) in [5.41, 5.74) is 3.75. The third-order valence-corrected chi connectivity index (χ3v) is 8.32. The number of benzene rings is 3. The van der Waals surface area contributed by atoms with E-state index in [0.29, 0.717) is 28.8 Å². The van der Waals surface area contributed by atoms with Crippen molar-refractivity contribution in [3.63, 3.8) is 0 Å². The highest BCUT2D eigenvalue weighted by Crippen LogP contribution is 2.36. The molecule has 0 radical (unpaired) electrons. The monoisotopic (exact) mass is 626 g/mol. The number of alkyl halides is 3. The quantitative estimate of drug-likeness (QED) is 0.245. The number of nitrogens with one attached hydrogen (secondary N) is 1. The fourth-order valence-corrected chi connectivity index (χ4v) is 5.62. The molecule has 3 amide bonds. The summed E-state index contributed by atoms with van der Waals surface area (Å²) in [7, 11) is 0. The molecule has 1 fully saturated rings. The van der Waals surface area contributed by atoms with Crippen molar-refractivity contribution < 1.29 is 22.8 Å². The maximum atomic E-state index is 12.8. The van der Waals surface area contributed by atoms with E-state index in [1.54, 1.807) is 6.07 Å². The highest BCUT2D eigenvalue weighted by atomic mass is 35.5. The largest absolute Gasteiger partial charge is 0.416 e. The molecule has 1 aromatic heterocycles. The highest BCUT2D eigenvalue weighted by molar-refractivity contribution is 8.15. The minimum absolute atomic E-state index is 0.0571. The first-order valence-electron chi connectivity index (χ1n) is 13.2. The van der Waals surface area contributed by atoms with Gasteiger partial charge in [0.25, 0.3) is 0 Å². The van der Waals surface area contributed by atoms with Crippen LogP contribution in [0.3, 0.4) is 0 Å². The molecule has 1 N–H and O–H groups in total. The van der Waals surface area contributed by atoms with E-state index >= 15 is 0 Å². The van der Waals surface area contributed by atoms with Crippen LogP contribution in [0.1, 0.15) is 35.1 Å². The van der Waals surface area contributed by atoms with E-state index in [1.807, 2.05) is 51.1 Å². The van der Waals surface area contributed by atoms with Crippen LogP contribution in [-0.2, 0) is 11.0 Å². The van der Waals surface area contributed by atoms with Crippen molar-refractivity contribution in [3.05, 3.63) is 94.3 Å². The van der Waals surface area contributed by atoms with Gasteiger partial charge in [0.1, 0.15) is 6.33 Å². The number of aromatic nitrogens is 3. The van der Waals surface area contributed by atoms with E-state index in [2.05, 4.69) is 20.4 Å². The van der Waals surface area contributed by atoms with Crippen LogP contribution in [0.25, 0.3) is 17.1 Å². The van der Waals surface area contributed by atoms with Gasteiger partial charge in [0.2, 0.25) is 5.91 Å². The van der Waals surface area contributed by atoms with Crippen LogP contribution in [0.2, 0.25) is 5.02 Å². The molecule has 1 aliphatic heterocycles. The van der Waals surface area contributed by atoms with Crippen LogP contribution in [0, 0.1) is 13.8 Å². The molecule has 0 aliphatic carbocycles. The van der Waals surface area contributed by atoms with Crippen molar-refractivity contribution in [2.45, 2.75) is 32.9 Å². The van der Waals surface area contributed by atoms with Gasteiger partial charge in [-0.15, -0.1) is 5.10 Å². The second kappa shape index (κ2) is 12.2. The Morgan fingerprint density at radius 2 is 1.79 bits per heavy atom. The summed E-state index contributed by atoms with van der Waals surface area (Å²) in [5.74, 6) is 0.327. The lowest BCUT2D eigenvalue weighted by molar-refractivity contribution is -0.137. The van der Waals surface area contributed by atoms with Gasteiger partial charge in [0, 0.05) is 12.1 Å².